The van der Waals surface area contributed by atoms with Gasteiger partial charge in [0.15, 0.2) is 5.96 Å². The molecule has 1 rings (SSSR count). The average Bonchev–Trinajstić information content (AvgIpc) is 2.86. The maximum absolute atomic E-state index is 13.2. The van der Waals surface area contributed by atoms with Crippen LogP contribution in [-0.2, 0) is 24.0 Å². The number of carbonyl (C=O) groups is 5. The Hall–Kier alpha value is -4.16. The van der Waals surface area contributed by atoms with Gasteiger partial charge >= 0.3 is 5.97 Å². The average molecular weight is 534 g/mol. The topological polar surface area (TPSA) is 218 Å². The van der Waals surface area contributed by atoms with Crippen molar-refractivity contribution < 1.29 is 29.1 Å². The van der Waals surface area contributed by atoms with Crippen molar-refractivity contribution in [2.24, 2.45) is 22.4 Å². The molecule has 38 heavy (non-hydrogen) atoms. The minimum Gasteiger partial charge on any atom is -0.480 e. The van der Waals surface area contributed by atoms with E-state index in [-0.39, 0.29) is 24.8 Å². The number of nitrogens with zero attached hydrogens (tertiary/aromatic N) is 1. The zero-order valence-corrected chi connectivity index (χ0v) is 22.2. The smallest absolute Gasteiger partial charge is 0.326 e. The number of carboxylic acids is 1. The van der Waals surface area contributed by atoms with Crippen molar-refractivity contribution in [2.45, 2.75) is 71.1 Å². The summed E-state index contributed by atoms with van der Waals surface area (Å²) in [5.41, 5.74) is 11.1. The number of nitrogens with two attached hydrogens (primary N) is 2. The maximum atomic E-state index is 13.2. The van der Waals surface area contributed by atoms with Crippen molar-refractivity contribution in [1.82, 2.24) is 21.3 Å². The van der Waals surface area contributed by atoms with E-state index in [0.717, 1.165) is 0 Å². The zero-order valence-electron chi connectivity index (χ0n) is 22.2. The minimum absolute atomic E-state index is 0.0941. The second-order valence-corrected chi connectivity index (χ2v) is 8.99. The van der Waals surface area contributed by atoms with Crippen LogP contribution in [0.1, 0.15) is 58.6 Å². The highest BCUT2D eigenvalue weighted by Crippen LogP contribution is 2.15. The molecule has 0 saturated carbocycles. The summed E-state index contributed by atoms with van der Waals surface area (Å²) >= 11 is 0. The largest absolute Gasteiger partial charge is 0.480 e. The summed E-state index contributed by atoms with van der Waals surface area (Å²) in [6, 6.07) is 3.99. The van der Waals surface area contributed by atoms with Gasteiger partial charge in [-0.3, -0.25) is 24.2 Å². The molecule has 13 heteroatoms. The molecule has 0 saturated heterocycles. The van der Waals surface area contributed by atoms with Crippen LogP contribution in [0.3, 0.4) is 0 Å². The lowest BCUT2D eigenvalue weighted by Crippen LogP contribution is -2.55. The van der Waals surface area contributed by atoms with Gasteiger partial charge in [-0.25, -0.2) is 4.79 Å². The number of rotatable bonds is 15. The summed E-state index contributed by atoms with van der Waals surface area (Å²) in [5.74, 6) is -4.02. The molecule has 0 radical (unpaired) electrons. The molecule has 5 atom stereocenters. The van der Waals surface area contributed by atoms with Crippen LogP contribution in [-0.4, -0.2) is 65.3 Å². The van der Waals surface area contributed by atoms with Gasteiger partial charge in [-0.1, -0.05) is 50.6 Å². The SMILES string of the molecule is CC[C@H](C)[C@H](NC(=O)[C@H](C)NC(=O)C(NC(=O)[C@H](CCCN=C(N)N)NC(C)=O)c1ccccc1)C(=O)O. The molecule has 210 valence electrons. The van der Waals surface area contributed by atoms with E-state index in [4.69, 9.17) is 11.5 Å². The summed E-state index contributed by atoms with van der Waals surface area (Å²) in [4.78, 5) is 66.1. The van der Waals surface area contributed by atoms with Crippen molar-refractivity contribution in [2.75, 3.05) is 6.54 Å². The molecule has 1 aromatic rings. The van der Waals surface area contributed by atoms with Crippen molar-refractivity contribution in [1.29, 1.82) is 0 Å². The second kappa shape index (κ2) is 15.8. The molecule has 0 aliphatic heterocycles. The number of nitrogens with one attached hydrogen (secondary N) is 4. The number of carboxylic acid groups (broad SMARTS) is 1. The van der Waals surface area contributed by atoms with Crippen LogP contribution in [0.5, 0.6) is 0 Å². The number of aliphatic imine (C=N–C) groups is 1. The van der Waals surface area contributed by atoms with Crippen molar-refractivity contribution in [3.8, 4) is 0 Å². The number of benzene rings is 1. The molecular formula is C25H39N7O6. The monoisotopic (exact) mass is 533 g/mol. The number of hydrogen-bond donors (Lipinski definition) is 7. The first-order valence-corrected chi connectivity index (χ1v) is 12.4. The van der Waals surface area contributed by atoms with Crippen molar-refractivity contribution in [3.05, 3.63) is 35.9 Å². The Kier molecular flexibility index (Phi) is 13.3. The number of carbonyl (C=O) groups excluding carboxylic acids is 4. The molecule has 4 amide bonds. The number of aliphatic carboxylic acids is 1. The van der Waals surface area contributed by atoms with Crippen LogP contribution in [0.4, 0.5) is 0 Å². The molecule has 0 fully saturated rings. The fraction of sp³-hybridized carbons (Fsp3) is 0.520. The predicted octanol–water partition coefficient (Wildman–Crippen LogP) is -0.478. The fourth-order valence-corrected chi connectivity index (χ4v) is 3.53. The third kappa shape index (κ3) is 10.8. The molecular weight excluding hydrogens is 494 g/mol. The molecule has 0 aliphatic carbocycles. The first-order valence-electron chi connectivity index (χ1n) is 12.4. The normalized spacial score (nSPS) is 14.5. The van der Waals surface area contributed by atoms with Crippen LogP contribution >= 0.6 is 0 Å². The lowest BCUT2D eigenvalue weighted by atomic mass is 9.99. The zero-order chi connectivity index (χ0) is 28.8. The van der Waals surface area contributed by atoms with Crippen molar-refractivity contribution in [3.63, 3.8) is 0 Å². The Bertz CT molecular complexity index is 997. The summed E-state index contributed by atoms with van der Waals surface area (Å²) < 4.78 is 0. The lowest BCUT2D eigenvalue weighted by Gasteiger charge is -2.26. The van der Waals surface area contributed by atoms with E-state index in [1.54, 1.807) is 44.2 Å². The highest BCUT2D eigenvalue weighted by molar-refractivity contribution is 5.95. The molecule has 13 nitrogen and oxygen atoms in total. The van der Waals surface area contributed by atoms with Gasteiger partial charge in [0, 0.05) is 13.5 Å². The van der Waals surface area contributed by atoms with Gasteiger partial charge in [0.25, 0.3) is 0 Å². The lowest BCUT2D eigenvalue weighted by molar-refractivity contribution is -0.143. The van der Waals surface area contributed by atoms with E-state index in [1.165, 1.54) is 13.8 Å². The van der Waals surface area contributed by atoms with E-state index in [9.17, 15) is 29.1 Å². The van der Waals surface area contributed by atoms with Crippen LogP contribution in [0.15, 0.2) is 35.3 Å². The first kappa shape index (κ1) is 31.9. The van der Waals surface area contributed by atoms with Crippen LogP contribution in [0.2, 0.25) is 0 Å². The van der Waals surface area contributed by atoms with Crippen molar-refractivity contribution >= 4 is 35.6 Å². The third-order valence-corrected chi connectivity index (χ3v) is 5.85. The second-order valence-electron chi connectivity index (χ2n) is 8.99. The third-order valence-electron chi connectivity index (χ3n) is 5.85. The molecule has 1 aromatic carbocycles. The molecule has 0 spiro atoms. The molecule has 9 N–H and O–H groups in total. The Balaban J connectivity index is 3.04. The highest BCUT2D eigenvalue weighted by Gasteiger charge is 2.31. The van der Waals surface area contributed by atoms with E-state index in [1.807, 2.05) is 0 Å². The van der Waals surface area contributed by atoms with E-state index in [0.29, 0.717) is 18.4 Å². The van der Waals surface area contributed by atoms with Gasteiger partial charge in [0.1, 0.15) is 24.2 Å². The predicted molar refractivity (Wildman–Crippen MR) is 141 cm³/mol. The van der Waals surface area contributed by atoms with Gasteiger partial charge in [-0.15, -0.1) is 0 Å². The van der Waals surface area contributed by atoms with Gasteiger partial charge in [-0.2, -0.15) is 0 Å². The summed E-state index contributed by atoms with van der Waals surface area (Å²) in [6.07, 6.45) is 1.12. The number of hydrogen-bond acceptors (Lipinski definition) is 6. The van der Waals surface area contributed by atoms with E-state index < -0.39 is 53.8 Å². The summed E-state index contributed by atoms with van der Waals surface area (Å²) in [6.45, 7) is 6.43. The van der Waals surface area contributed by atoms with Gasteiger partial charge < -0.3 is 37.8 Å². The quantitative estimate of drug-likeness (QED) is 0.0885. The van der Waals surface area contributed by atoms with E-state index in [2.05, 4.69) is 26.3 Å². The maximum Gasteiger partial charge on any atom is 0.326 e. The van der Waals surface area contributed by atoms with Crippen LogP contribution in [0, 0.1) is 5.92 Å². The molecule has 0 bridgehead atoms. The Morgan fingerprint density at radius 3 is 2.08 bits per heavy atom. The Labute approximate surface area is 222 Å². The molecule has 0 heterocycles. The first-order chi connectivity index (χ1) is 17.9. The molecule has 0 aliphatic rings. The molecule has 1 unspecified atom stereocenters. The standard InChI is InChI=1S/C25H39N7O6/c1-5-14(2)19(24(37)38)31-21(34)15(3)29-23(36)20(17-10-7-6-8-11-17)32-22(35)18(30-16(4)33)12-9-13-28-25(26)27/h6-8,10-11,14-15,18-20H,5,9,12-13H2,1-4H3,(H,29,36)(H,30,33)(H,31,34)(H,32,35)(H,37,38)(H4,26,27,28)/t14-,15-,18-,19-,20?/m0/s1. The van der Waals surface area contributed by atoms with Crippen LogP contribution in [0.25, 0.3) is 0 Å². The Morgan fingerprint density at radius 2 is 1.55 bits per heavy atom. The number of guanidine groups is 1. The molecule has 0 aromatic heterocycles. The fourth-order valence-electron chi connectivity index (χ4n) is 3.53. The van der Waals surface area contributed by atoms with E-state index >= 15 is 0 Å². The highest BCUT2D eigenvalue weighted by atomic mass is 16.4. The number of amides is 4. The minimum atomic E-state index is -1.20. The van der Waals surface area contributed by atoms with Gasteiger partial charge in [0.2, 0.25) is 23.6 Å². The van der Waals surface area contributed by atoms with Crippen LogP contribution < -0.4 is 32.7 Å². The van der Waals surface area contributed by atoms with Gasteiger partial charge in [-0.05, 0) is 31.2 Å². The summed E-state index contributed by atoms with van der Waals surface area (Å²) in [7, 11) is 0. The van der Waals surface area contributed by atoms with Gasteiger partial charge in [0.05, 0.1) is 0 Å². The summed E-state index contributed by atoms with van der Waals surface area (Å²) in [5, 5.41) is 19.6. The Morgan fingerprint density at radius 1 is 0.921 bits per heavy atom.